The number of hydrogen-bond donors (Lipinski definition) is 1. The SMILES string of the molecule is CCCc1nn(-c2ccccc2C)c(CC)c1C(=O)NC(C)C. The number of amides is 1. The maximum absolute atomic E-state index is 12.7. The van der Waals surface area contributed by atoms with Crippen molar-refractivity contribution in [1.82, 2.24) is 15.1 Å². The van der Waals surface area contributed by atoms with Gasteiger partial charge in [-0.25, -0.2) is 4.68 Å². The van der Waals surface area contributed by atoms with E-state index in [0.717, 1.165) is 47.5 Å². The topological polar surface area (TPSA) is 46.9 Å². The average Bonchev–Trinajstić information content (AvgIpc) is 2.85. The van der Waals surface area contributed by atoms with E-state index in [9.17, 15) is 4.79 Å². The van der Waals surface area contributed by atoms with Gasteiger partial charge in [0.15, 0.2) is 0 Å². The van der Waals surface area contributed by atoms with Gasteiger partial charge in [0.2, 0.25) is 0 Å². The Morgan fingerprint density at radius 2 is 1.96 bits per heavy atom. The minimum absolute atomic E-state index is 0.0138. The summed E-state index contributed by atoms with van der Waals surface area (Å²) < 4.78 is 1.95. The van der Waals surface area contributed by atoms with Crippen LogP contribution in [0.1, 0.15) is 61.4 Å². The first-order valence-electron chi connectivity index (χ1n) is 8.47. The molecule has 0 aliphatic carbocycles. The van der Waals surface area contributed by atoms with Crippen LogP contribution < -0.4 is 5.32 Å². The molecule has 4 heteroatoms. The minimum Gasteiger partial charge on any atom is -0.350 e. The first-order chi connectivity index (χ1) is 11.0. The predicted octanol–water partition coefficient (Wildman–Crippen LogP) is 3.83. The highest BCUT2D eigenvalue weighted by Gasteiger charge is 2.23. The molecule has 0 atom stereocenters. The summed E-state index contributed by atoms with van der Waals surface area (Å²) in [7, 11) is 0. The van der Waals surface area contributed by atoms with Gasteiger partial charge in [0.1, 0.15) is 0 Å². The fraction of sp³-hybridized carbons (Fsp3) is 0.474. The Kier molecular flexibility index (Phi) is 5.59. The first kappa shape index (κ1) is 17.3. The van der Waals surface area contributed by atoms with Crippen LogP contribution in [0.3, 0.4) is 0 Å². The molecule has 0 unspecified atom stereocenters. The molecule has 0 radical (unpaired) electrons. The van der Waals surface area contributed by atoms with Crippen molar-refractivity contribution < 1.29 is 4.79 Å². The second-order valence-electron chi connectivity index (χ2n) is 6.20. The van der Waals surface area contributed by atoms with Gasteiger partial charge in [-0.1, -0.05) is 38.5 Å². The number of carbonyl (C=O) groups excluding carboxylic acids is 1. The molecule has 0 fully saturated rings. The number of carbonyl (C=O) groups is 1. The van der Waals surface area contributed by atoms with Crippen molar-refractivity contribution in [3.8, 4) is 5.69 Å². The van der Waals surface area contributed by atoms with Gasteiger partial charge in [-0.15, -0.1) is 0 Å². The molecule has 1 aromatic heterocycles. The maximum Gasteiger partial charge on any atom is 0.255 e. The molecule has 0 saturated carbocycles. The van der Waals surface area contributed by atoms with E-state index in [0.29, 0.717) is 0 Å². The Labute approximate surface area is 138 Å². The molecule has 1 heterocycles. The summed E-state index contributed by atoms with van der Waals surface area (Å²) in [5, 5.41) is 7.81. The fourth-order valence-corrected chi connectivity index (χ4v) is 2.84. The van der Waals surface area contributed by atoms with Crippen LogP contribution in [0.15, 0.2) is 24.3 Å². The molecule has 0 bridgehead atoms. The number of nitrogens with one attached hydrogen (secondary N) is 1. The monoisotopic (exact) mass is 313 g/mol. The maximum atomic E-state index is 12.7. The third-order valence-electron chi connectivity index (χ3n) is 3.87. The Morgan fingerprint density at radius 3 is 2.52 bits per heavy atom. The highest BCUT2D eigenvalue weighted by molar-refractivity contribution is 5.97. The van der Waals surface area contributed by atoms with Crippen LogP contribution in [-0.4, -0.2) is 21.7 Å². The molecule has 0 aliphatic rings. The average molecular weight is 313 g/mol. The van der Waals surface area contributed by atoms with E-state index in [1.165, 1.54) is 0 Å². The first-order valence-corrected chi connectivity index (χ1v) is 8.47. The summed E-state index contributed by atoms with van der Waals surface area (Å²) in [5.74, 6) is -0.0138. The van der Waals surface area contributed by atoms with Crippen LogP contribution in [0, 0.1) is 6.92 Å². The third-order valence-corrected chi connectivity index (χ3v) is 3.87. The normalized spacial score (nSPS) is 11.0. The molecule has 1 N–H and O–H groups in total. The Balaban J connectivity index is 2.61. The number of rotatable bonds is 6. The standard InChI is InChI=1S/C19H27N3O/c1-6-10-15-18(19(23)20-13(3)4)16(7-2)22(21-15)17-12-9-8-11-14(17)5/h8-9,11-13H,6-7,10H2,1-5H3,(H,20,23). The van der Waals surface area contributed by atoms with Crippen molar-refractivity contribution in [2.45, 2.75) is 59.9 Å². The van der Waals surface area contributed by atoms with Gasteiger partial charge < -0.3 is 5.32 Å². The van der Waals surface area contributed by atoms with Crippen molar-refractivity contribution >= 4 is 5.91 Å². The molecule has 1 aromatic carbocycles. The van der Waals surface area contributed by atoms with E-state index in [2.05, 4.69) is 38.2 Å². The zero-order chi connectivity index (χ0) is 17.0. The lowest BCUT2D eigenvalue weighted by molar-refractivity contribution is 0.0941. The predicted molar refractivity (Wildman–Crippen MR) is 94.3 cm³/mol. The molecular formula is C19H27N3O. The highest BCUT2D eigenvalue weighted by Crippen LogP contribution is 2.23. The van der Waals surface area contributed by atoms with Crippen LogP contribution in [0.5, 0.6) is 0 Å². The third kappa shape index (κ3) is 3.63. The van der Waals surface area contributed by atoms with Gasteiger partial charge in [-0.05, 0) is 45.2 Å². The van der Waals surface area contributed by atoms with Gasteiger partial charge in [0.05, 0.1) is 22.6 Å². The van der Waals surface area contributed by atoms with E-state index in [4.69, 9.17) is 5.10 Å². The van der Waals surface area contributed by atoms with Crippen molar-refractivity contribution in [3.63, 3.8) is 0 Å². The number of nitrogens with zero attached hydrogens (tertiary/aromatic N) is 2. The van der Waals surface area contributed by atoms with E-state index in [1.807, 2.05) is 30.7 Å². The minimum atomic E-state index is -0.0138. The van der Waals surface area contributed by atoms with Crippen LogP contribution in [-0.2, 0) is 12.8 Å². The summed E-state index contributed by atoms with van der Waals surface area (Å²) in [6.45, 7) is 10.2. The molecule has 23 heavy (non-hydrogen) atoms. The Bertz CT molecular complexity index is 686. The smallest absolute Gasteiger partial charge is 0.255 e. The molecular weight excluding hydrogens is 286 g/mol. The summed E-state index contributed by atoms with van der Waals surface area (Å²) in [4.78, 5) is 12.7. The largest absolute Gasteiger partial charge is 0.350 e. The quantitative estimate of drug-likeness (QED) is 0.881. The molecule has 0 aliphatic heterocycles. The van der Waals surface area contributed by atoms with Crippen molar-refractivity contribution in [2.75, 3.05) is 0 Å². The molecule has 4 nitrogen and oxygen atoms in total. The summed E-state index contributed by atoms with van der Waals surface area (Å²) in [5.41, 5.74) is 4.84. The van der Waals surface area contributed by atoms with Crippen LogP contribution in [0.25, 0.3) is 5.69 Å². The zero-order valence-electron chi connectivity index (χ0n) is 14.8. The van der Waals surface area contributed by atoms with Crippen molar-refractivity contribution in [1.29, 1.82) is 0 Å². The number of aryl methyl sites for hydroxylation is 2. The second kappa shape index (κ2) is 7.44. The van der Waals surface area contributed by atoms with Gasteiger partial charge in [-0.2, -0.15) is 5.10 Å². The van der Waals surface area contributed by atoms with Crippen LogP contribution >= 0.6 is 0 Å². The highest BCUT2D eigenvalue weighted by atomic mass is 16.1. The van der Waals surface area contributed by atoms with Gasteiger partial charge in [-0.3, -0.25) is 4.79 Å². The molecule has 0 saturated heterocycles. The molecule has 1 amide bonds. The number of aromatic nitrogens is 2. The van der Waals surface area contributed by atoms with Crippen molar-refractivity contribution in [2.24, 2.45) is 0 Å². The molecule has 2 aromatic rings. The number of para-hydroxylation sites is 1. The van der Waals surface area contributed by atoms with E-state index in [-0.39, 0.29) is 11.9 Å². The lowest BCUT2D eigenvalue weighted by Gasteiger charge is -2.12. The fourth-order valence-electron chi connectivity index (χ4n) is 2.84. The van der Waals surface area contributed by atoms with Crippen LogP contribution in [0.2, 0.25) is 0 Å². The second-order valence-corrected chi connectivity index (χ2v) is 6.20. The van der Waals surface area contributed by atoms with E-state index >= 15 is 0 Å². The molecule has 0 spiro atoms. The van der Waals surface area contributed by atoms with E-state index in [1.54, 1.807) is 0 Å². The summed E-state index contributed by atoms with van der Waals surface area (Å²) in [6, 6.07) is 8.28. The lowest BCUT2D eigenvalue weighted by Crippen LogP contribution is -2.31. The van der Waals surface area contributed by atoms with Crippen LogP contribution in [0.4, 0.5) is 0 Å². The number of benzene rings is 1. The summed E-state index contributed by atoms with van der Waals surface area (Å²) >= 11 is 0. The van der Waals surface area contributed by atoms with Gasteiger partial charge >= 0.3 is 0 Å². The van der Waals surface area contributed by atoms with E-state index < -0.39 is 0 Å². The summed E-state index contributed by atoms with van der Waals surface area (Å²) in [6.07, 6.45) is 2.55. The lowest BCUT2D eigenvalue weighted by atomic mass is 10.1. The molecule has 2 rings (SSSR count). The molecule has 124 valence electrons. The zero-order valence-corrected chi connectivity index (χ0v) is 14.8. The Morgan fingerprint density at radius 1 is 1.26 bits per heavy atom. The van der Waals surface area contributed by atoms with Crippen molar-refractivity contribution in [3.05, 3.63) is 46.8 Å². The number of hydrogen-bond acceptors (Lipinski definition) is 2. The van der Waals surface area contributed by atoms with Gasteiger partial charge in [0, 0.05) is 6.04 Å². The van der Waals surface area contributed by atoms with Gasteiger partial charge in [0.25, 0.3) is 5.91 Å². The Hall–Kier alpha value is -2.10.